The molecule has 52 heavy (non-hydrogen) atoms. The van der Waals surface area contributed by atoms with Crippen LogP contribution in [0.5, 0.6) is 5.75 Å². The van der Waals surface area contributed by atoms with Gasteiger partial charge < -0.3 is 33.5 Å². The van der Waals surface area contributed by atoms with Crippen LogP contribution in [0.3, 0.4) is 0 Å². The normalized spacial score (nSPS) is 24.0. The van der Waals surface area contributed by atoms with Crippen LogP contribution in [0, 0.1) is 0 Å². The molecule has 5 aromatic rings. The monoisotopic (exact) mass is 720 g/mol. The Labute approximate surface area is 311 Å². The number of halogens is 1. The predicted molar refractivity (Wildman–Crippen MR) is 200 cm³/mol. The molecule has 7 nitrogen and oxygen atoms in total. The maximum Gasteiger partial charge on any atom is 0.225 e. The van der Waals surface area contributed by atoms with Gasteiger partial charge in [0.25, 0.3) is 0 Å². The summed E-state index contributed by atoms with van der Waals surface area (Å²) < 4.78 is 39.8. The molecule has 7 rings (SSSR count). The summed E-state index contributed by atoms with van der Waals surface area (Å²) in [7, 11) is 1.60. The molecular weight excluding hydrogens is 676 g/mol. The summed E-state index contributed by atoms with van der Waals surface area (Å²) in [5.74, 6) is -0.601. The van der Waals surface area contributed by atoms with Crippen LogP contribution in [0.4, 0.5) is 0 Å². The van der Waals surface area contributed by atoms with E-state index in [9.17, 15) is 5.11 Å². The fraction of sp³-hybridized carbons (Fsp3) is 0.318. The van der Waals surface area contributed by atoms with Crippen molar-refractivity contribution in [3.63, 3.8) is 0 Å². The van der Waals surface area contributed by atoms with E-state index < -0.39 is 29.7 Å². The smallest absolute Gasteiger partial charge is 0.225 e. The lowest BCUT2D eigenvalue weighted by Crippen LogP contribution is -2.70. The number of hydrogen-bond acceptors (Lipinski definition) is 7. The van der Waals surface area contributed by atoms with Gasteiger partial charge in [0.2, 0.25) is 5.79 Å². The fourth-order valence-electron chi connectivity index (χ4n) is 7.24. The van der Waals surface area contributed by atoms with Crippen molar-refractivity contribution >= 4 is 11.6 Å². The number of rotatable bonds is 14. The lowest BCUT2D eigenvalue weighted by atomic mass is 9.81. The Balaban J connectivity index is 1.31. The van der Waals surface area contributed by atoms with Gasteiger partial charge in [0.15, 0.2) is 0 Å². The van der Waals surface area contributed by atoms with Gasteiger partial charge in [-0.2, -0.15) is 0 Å². The lowest BCUT2D eigenvalue weighted by Gasteiger charge is -2.56. The zero-order valence-corrected chi connectivity index (χ0v) is 30.3. The van der Waals surface area contributed by atoms with Crippen molar-refractivity contribution in [2.75, 3.05) is 20.3 Å². The second kappa shape index (κ2) is 16.3. The molecule has 0 saturated carbocycles. The van der Waals surface area contributed by atoms with Crippen molar-refractivity contribution in [3.8, 4) is 5.75 Å². The molecule has 5 atom stereocenters. The summed E-state index contributed by atoms with van der Waals surface area (Å²) in [5, 5.41) is 11.8. The topological polar surface area (TPSA) is 75.6 Å². The molecule has 2 heterocycles. The molecule has 1 saturated heterocycles. The Morgan fingerprint density at radius 2 is 1.31 bits per heavy atom. The van der Waals surface area contributed by atoms with Crippen LogP contribution in [0.15, 0.2) is 127 Å². The van der Waals surface area contributed by atoms with E-state index in [1.807, 2.05) is 122 Å². The molecule has 8 heteroatoms. The molecule has 0 unspecified atom stereocenters. The highest BCUT2D eigenvalue weighted by Gasteiger charge is 2.62. The number of ether oxygens (including phenoxy) is 6. The van der Waals surface area contributed by atoms with E-state index in [0.717, 1.165) is 40.0 Å². The third-order valence-corrected chi connectivity index (χ3v) is 10.4. The Kier molecular flexibility index (Phi) is 11.4. The summed E-state index contributed by atoms with van der Waals surface area (Å²) in [6, 6.07) is 42.0. The number of hydrogen-bond donors (Lipinski definition) is 1. The largest absolute Gasteiger partial charge is 0.493 e. The molecule has 0 bridgehead atoms. The van der Waals surface area contributed by atoms with E-state index in [1.165, 1.54) is 5.56 Å². The predicted octanol–water partition coefficient (Wildman–Crippen LogP) is 8.20. The van der Waals surface area contributed by atoms with Crippen molar-refractivity contribution in [2.45, 2.75) is 69.3 Å². The summed E-state index contributed by atoms with van der Waals surface area (Å²) in [6.07, 6.45) is -0.896. The van der Waals surface area contributed by atoms with Crippen LogP contribution in [0.25, 0.3) is 0 Å². The Morgan fingerprint density at radius 1 is 0.712 bits per heavy atom. The summed E-state index contributed by atoms with van der Waals surface area (Å²) in [6.45, 7) is 2.97. The Hall–Kier alpha value is -4.05. The molecule has 2 aliphatic rings. The minimum atomic E-state index is -1.54. The molecule has 0 radical (unpaired) electrons. The maximum absolute atomic E-state index is 11.2. The first-order valence-corrected chi connectivity index (χ1v) is 18.1. The average Bonchev–Trinajstić information content (AvgIpc) is 3.66. The zero-order chi connectivity index (χ0) is 36.0. The average molecular weight is 721 g/mol. The summed E-state index contributed by atoms with van der Waals surface area (Å²) >= 11 is 6.90. The van der Waals surface area contributed by atoms with E-state index in [2.05, 4.69) is 12.1 Å². The minimum absolute atomic E-state index is 0.254. The highest BCUT2D eigenvalue weighted by molar-refractivity contribution is 6.31. The summed E-state index contributed by atoms with van der Waals surface area (Å²) in [4.78, 5) is 0. The second-order valence-corrected chi connectivity index (χ2v) is 14.1. The van der Waals surface area contributed by atoms with Gasteiger partial charge in [0.05, 0.1) is 33.0 Å². The van der Waals surface area contributed by atoms with E-state index in [4.69, 9.17) is 40.0 Å². The fourth-order valence-corrected chi connectivity index (χ4v) is 7.42. The first kappa shape index (κ1) is 36.3. The number of aliphatic hydroxyl groups is 1. The van der Waals surface area contributed by atoms with E-state index in [0.29, 0.717) is 23.6 Å². The van der Waals surface area contributed by atoms with Crippen molar-refractivity contribution in [1.29, 1.82) is 0 Å². The first-order chi connectivity index (χ1) is 25.4. The van der Waals surface area contributed by atoms with Crippen LogP contribution in [-0.2, 0) is 62.1 Å². The molecule has 1 N–H and O–H groups in total. The van der Waals surface area contributed by atoms with Crippen molar-refractivity contribution < 1.29 is 33.5 Å². The van der Waals surface area contributed by atoms with E-state index >= 15 is 0 Å². The molecule has 0 amide bonds. The van der Waals surface area contributed by atoms with E-state index in [1.54, 1.807) is 7.11 Å². The van der Waals surface area contributed by atoms with Crippen LogP contribution < -0.4 is 4.74 Å². The van der Waals surface area contributed by atoms with Crippen molar-refractivity contribution in [2.24, 2.45) is 0 Å². The molecule has 0 spiro atoms. The van der Waals surface area contributed by atoms with Gasteiger partial charge in [-0.3, -0.25) is 0 Å². The van der Waals surface area contributed by atoms with Gasteiger partial charge in [-0.05, 0) is 64.9 Å². The summed E-state index contributed by atoms with van der Waals surface area (Å²) in [5.41, 5.74) is 5.57. The molecule has 1 fully saturated rings. The lowest BCUT2D eigenvalue weighted by molar-refractivity contribution is -0.410. The zero-order valence-electron chi connectivity index (χ0n) is 29.6. The highest BCUT2D eigenvalue weighted by atomic mass is 35.5. The third kappa shape index (κ3) is 7.82. The molecule has 2 aliphatic heterocycles. The van der Waals surface area contributed by atoms with Gasteiger partial charge in [0, 0.05) is 24.1 Å². The molecule has 270 valence electrons. The van der Waals surface area contributed by atoms with Gasteiger partial charge >= 0.3 is 0 Å². The number of benzene rings is 5. The van der Waals surface area contributed by atoms with Crippen LogP contribution in [0.1, 0.15) is 45.9 Å². The molecular formula is C44H45ClO7. The molecule has 0 aliphatic carbocycles. The van der Waals surface area contributed by atoms with Gasteiger partial charge in [-0.1, -0.05) is 121 Å². The minimum Gasteiger partial charge on any atom is -0.493 e. The van der Waals surface area contributed by atoms with Crippen LogP contribution in [-0.4, -0.2) is 49.3 Å². The van der Waals surface area contributed by atoms with Gasteiger partial charge in [-0.25, -0.2) is 0 Å². The standard InChI is InChI=1S/C44H45ClO7/c1-43(30-46)41(50-28-32-14-8-4-9-15-32)40(49-27-31-12-6-3-7-13-31)42(51-29-33-16-10-5-11-17-33)44(47-2,52-43)37-19-20-38(45)36(26-37)25-34-18-21-39-35(24-34)22-23-48-39/h3-21,24,26,40-42,46H,22-23,25,27-30H2,1-2H3/t40-,41-,42+,43-,44-/m0/s1. The highest BCUT2D eigenvalue weighted by Crippen LogP contribution is 2.48. The Bertz CT molecular complexity index is 1910. The van der Waals surface area contributed by atoms with Crippen LogP contribution in [0.2, 0.25) is 5.02 Å². The van der Waals surface area contributed by atoms with E-state index in [-0.39, 0.29) is 26.4 Å². The van der Waals surface area contributed by atoms with Gasteiger partial charge in [-0.15, -0.1) is 0 Å². The quantitative estimate of drug-likeness (QED) is 0.124. The van der Waals surface area contributed by atoms with Crippen molar-refractivity contribution in [1.82, 2.24) is 0 Å². The SMILES string of the molecule is CO[C@@]1(c2ccc(Cl)c(Cc3ccc4c(c3)CCO4)c2)O[C@@](C)(CO)[C@@H](OCc2ccccc2)[C@H](OCc2ccccc2)[C@H]1OCc1ccccc1. The number of aliphatic hydroxyl groups excluding tert-OH is 1. The number of fused-ring (bicyclic) bond motifs is 1. The first-order valence-electron chi connectivity index (χ1n) is 17.8. The molecule has 5 aromatic carbocycles. The van der Waals surface area contributed by atoms with Crippen molar-refractivity contribution in [3.05, 3.63) is 171 Å². The molecule has 0 aromatic heterocycles. The third-order valence-electron chi connectivity index (χ3n) is 10.0. The maximum atomic E-state index is 11.2. The van der Waals surface area contributed by atoms with Gasteiger partial charge in [0.1, 0.15) is 29.7 Å². The number of methoxy groups -OCH3 is 1. The second-order valence-electron chi connectivity index (χ2n) is 13.7. The Morgan fingerprint density at radius 3 is 1.90 bits per heavy atom. The van der Waals surface area contributed by atoms with Crippen LogP contribution >= 0.6 is 11.6 Å².